The Morgan fingerprint density at radius 3 is 2.61 bits per heavy atom. The van der Waals surface area contributed by atoms with Crippen LogP contribution in [0.1, 0.15) is 23.8 Å². The molecule has 0 bridgehead atoms. The first kappa shape index (κ1) is 19.8. The van der Waals surface area contributed by atoms with Crippen LogP contribution in [-0.4, -0.2) is 44.6 Å². The fraction of sp³-hybridized carbons (Fsp3) is 0.389. The average molecular weight is 390 g/mol. The molecule has 28 heavy (non-hydrogen) atoms. The Balaban J connectivity index is 1.63. The molecule has 2 heterocycles. The van der Waals surface area contributed by atoms with Crippen LogP contribution in [0.25, 0.3) is 0 Å². The zero-order valence-electron chi connectivity index (χ0n) is 15.0. The molecule has 5 N–H and O–H groups in total. The Kier molecular flexibility index (Phi) is 6.24. The molecule has 2 aromatic rings. The van der Waals surface area contributed by atoms with Crippen molar-refractivity contribution in [2.75, 3.05) is 6.61 Å². The van der Waals surface area contributed by atoms with Gasteiger partial charge in [-0.25, -0.2) is 9.59 Å². The second kappa shape index (κ2) is 8.83. The summed E-state index contributed by atoms with van der Waals surface area (Å²) < 4.78 is 6.58. The van der Waals surface area contributed by atoms with Crippen LogP contribution in [-0.2, 0) is 17.8 Å². The summed E-state index contributed by atoms with van der Waals surface area (Å²) in [6, 6.07) is 8.88. The number of carbonyl (C=O) groups excluding carboxylic acids is 1. The first-order chi connectivity index (χ1) is 13.5. The summed E-state index contributed by atoms with van der Waals surface area (Å²) in [7, 11) is 0. The molecule has 1 aromatic heterocycles. The summed E-state index contributed by atoms with van der Waals surface area (Å²) in [5.74, 6) is 0. The van der Waals surface area contributed by atoms with Crippen molar-refractivity contribution < 1.29 is 19.7 Å². The van der Waals surface area contributed by atoms with Gasteiger partial charge in [0.25, 0.3) is 5.56 Å². The standard InChI is InChI=1S/C18H22N4O6/c23-10-14-13(24)6-15(28-14)22-9-12(16(25)21-18(22)27)8-20-17(26)19-7-11-4-2-1-3-5-11/h1-5,9,13-15,23-24H,6-8,10H2,(H2,19,20,26)(H,21,25,27)/t13-,14+,15+/m0/s1. The molecule has 10 heteroatoms. The monoisotopic (exact) mass is 390 g/mol. The molecule has 1 aromatic carbocycles. The largest absolute Gasteiger partial charge is 0.394 e. The van der Waals surface area contributed by atoms with Gasteiger partial charge in [-0.1, -0.05) is 30.3 Å². The number of H-pyrrole nitrogens is 1. The van der Waals surface area contributed by atoms with E-state index in [9.17, 15) is 19.5 Å². The molecular weight excluding hydrogens is 368 g/mol. The maximum Gasteiger partial charge on any atom is 0.330 e. The van der Waals surface area contributed by atoms with Crippen molar-refractivity contribution in [1.82, 2.24) is 20.2 Å². The van der Waals surface area contributed by atoms with E-state index in [4.69, 9.17) is 9.84 Å². The number of aliphatic hydroxyl groups is 2. The Labute approximate surface area is 159 Å². The van der Waals surface area contributed by atoms with Gasteiger partial charge >= 0.3 is 11.7 Å². The third-order valence-corrected chi connectivity index (χ3v) is 4.47. The number of aliphatic hydroxyl groups excluding tert-OH is 2. The van der Waals surface area contributed by atoms with Gasteiger partial charge in [0, 0.05) is 19.2 Å². The lowest BCUT2D eigenvalue weighted by atomic mass is 10.2. The summed E-state index contributed by atoms with van der Waals surface area (Å²) in [6.07, 6.45) is -1.15. The minimum Gasteiger partial charge on any atom is -0.394 e. The minimum atomic E-state index is -0.917. The second-order valence-corrected chi connectivity index (χ2v) is 6.46. The smallest absolute Gasteiger partial charge is 0.330 e. The summed E-state index contributed by atoms with van der Waals surface area (Å²) in [6.45, 7) is -0.153. The molecule has 1 aliphatic heterocycles. The molecule has 2 amide bonds. The Hall–Kier alpha value is -2.95. The predicted molar refractivity (Wildman–Crippen MR) is 98.5 cm³/mol. The second-order valence-electron chi connectivity index (χ2n) is 6.46. The summed E-state index contributed by atoms with van der Waals surface area (Å²) in [4.78, 5) is 38.2. The first-order valence-corrected chi connectivity index (χ1v) is 8.82. The van der Waals surface area contributed by atoms with Crippen molar-refractivity contribution in [2.24, 2.45) is 0 Å². The molecule has 0 spiro atoms. The lowest BCUT2D eigenvalue weighted by Gasteiger charge is -2.15. The van der Waals surface area contributed by atoms with Gasteiger partial charge in [0.15, 0.2) is 0 Å². The lowest BCUT2D eigenvalue weighted by molar-refractivity contribution is -0.0460. The van der Waals surface area contributed by atoms with E-state index in [-0.39, 0.29) is 25.1 Å². The number of nitrogens with one attached hydrogen (secondary N) is 3. The highest BCUT2D eigenvalue weighted by Gasteiger charge is 2.35. The quantitative estimate of drug-likeness (QED) is 0.436. The maximum atomic E-state index is 12.1. The lowest BCUT2D eigenvalue weighted by Crippen LogP contribution is -2.39. The summed E-state index contributed by atoms with van der Waals surface area (Å²) in [5.41, 5.74) is -0.237. The molecule has 10 nitrogen and oxygen atoms in total. The zero-order valence-corrected chi connectivity index (χ0v) is 15.0. The third-order valence-electron chi connectivity index (χ3n) is 4.47. The first-order valence-electron chi connectivity index (χ1n) is 8.82. The van der Waals surface area contributed by atoms with Gasteiger partial charge in [-0.05, 0) is 5.56 Å². The minimum absolute atomic E-state index is 0.0988. The molecule has 1 fully saturated rings. The van der Waals surface area contributed by atoms with Crippen LogP contribution in [0.3, 0.4) is 0 Å². The molecule has 150 valence electrons. The molecule has 0 unspecified atom stereocenters. The molecule has 1 aliphatic rings. The maximum absolute atomic E-state index is 12.1. The molecule has 3 rings (SSSR count). The van der Waals surface area contributed by atoms with E-state index < -0.39 is 35.7 Å². The van der Waals surface area contributed by atoms with E-state index in [0.717, 1.165) is 10.1 Å². The number of ether oxygens (including phenoxy) is 1. The number of nitrogens with zero attached hydrogens (tertiary/aromatic N) is 1. The summed E-state index contributed by atoms with van der Waals surface area (Å²) >= 11 is 0. The molecule has 0 aliphatic carbocycles. The van der Waals surface area contributed by atoms with Gasteiger partial charge < -0.3 is 25.6 Å². The fourth-order valence-corrected chi connectivity index (χ4v) is 2.93. The van der Waals surface area contributed by atoms with Gasteiger partial charge in [0.05, 0.1) is 24.8 Å². The number of hydrogen-bond acceptors (Lipinski definition) is 6. The van der Waals surface area contributed by atoms with Crippen LogP contribution < -0.4 is 21.9 Å². The predicted octanol–water partition coefficient (Wildman–Crippen LogP) is -0.823. The normalized spacial score (nSPS) is 21.4. The molecule has 0 radical (unpaired) electrons. The Bertz CT molecular complexity index is 926. The van der Waals surface area contributed by atoms with Gasteiger partial charge in [-0.15, -0.1) is 0 Å². The molecule has 0 saturated carbocycles. The van der Waals surface area contributed by atoms with E-state index in [1.54, 1.807) is 0 Å². The van der Waals surface area contributed by atoms with E-state index in [1.165, 1.54) is 6.20 Å². The van der Waals surface area contributed by atoms with Crippen LogP contribution in [0.2, 0.25) is 0 Å². The SMILES string of the molecule is O=C(NCc1ccccc1)NCc1cn([C@H]2C[C@H](O)[C@@H](CO)O2)c(=O)[nH]c1=O. The van der Waals surface area contributed by atoms with Crippen LogP contribution in [0.5, 0.6) is 0 Å². The van der Waals surface area contributed by atoms with Crippen LogP contribution >= 0.6 is 0 Å². The van der Waals surface area contributed by atoms with Crippen molar-refractivity contribution in [1.29, 1.82) is 0 Å². The van der Waals surface area contributed by atoms with E-state index in [0.29, 0.717) is 6.54 Å². The number of carbonyl (C=O) groups is 1. The highest BCUT2D eigenvalue weighted by atomic mass is 16.5. The van der Waals surface area contributed by atoms with E-state index in [2.05, 4.69) is 15.6 Å². The van der Waals surface area contributed by atoms with Gasteiger partial charge in [0.1, 0.15) is 12.3 Å². The zero-order chi connectivity index (χ0) is 20.1. The number of aromatic amines is 1. The highest BCUT2D eigenvalue weighted by molar-refractivity contribution is 5.73. The van der Waals surface area contributed by atoms with Crippen molar-refractivity contribution in [3.05, 3.63) is 68.5 Å². The fourth-order valence-electron chi connectivity index (χ4n) is 2.93. The Morgan fingerprint density at radius 1 is 1.21 bits per heavy atom. The number of aromatic nitrogens is 2. The molecule has 1 saturated heterocycles. The van der Waals surface area contributed by atoms with Gasteiger partial charge in [-0.2, -0.15) is 0 Å². The topological polar surface area (TPSA) is 146 Å². The van der Waals surface area contributed by atoms with Crippen LogP contribution in [0, 0.1) is 0 Å². The van der Waals surface area contributed by atoms with E-state index >= 15 is 0 Å². The van der Waals surface area contributed by atoms with Crippen molar-refractivity contribution in [3.63, 3.8) is 0 Å². The number of amides is 2. The number of hydrogen-bond donors (Lipinski definition) is 5. The highest BCUT2D eigenvalue weighted by Crippen LogP contribution is 2.27. The van der Waals surface area contributed by atoms with Gasteiger partial charge in [0.2, 0.25) is 0 Å². The molecular formula is C18H22N4O6. The third kappa shape index (κ3) is 4.66. The average Bonchev–Trinajstić information content (AvgIpc) is 3.07. The number of urea groups is 1. The number of benzene rings is 1. The van der Waals surface area contributed by atoms with Crippen molar-refractivity contribution >= 4 is 6.03 Å². The van der Waals surface area contributed by atoms with Crippen molar-refractivity contribution in [3.8, 4) is 0 Å². The number of rotatable bonds is 6. The van der Waals surface area contributed by atoms with Crippen LogP contribution in [0.4, 0.5) is 4.79 Å². The Morgan fingerprint density at radius 2 is 1.93 bits per heavy atom. The van der Waals surface area contributed by atoms with Crippen LogP contribution in [0.15, 0.2) is 46.1 Å². The molecule has 3 atom stereocenters. The van der Waals surface area contributed by atoms with Crippen molar-refractivity contribution in [2.45, 2.75) is 37.9 Å². The summed E-state index contributed by atoms with van der Waals surface area (Å²) in [5, 5.41) is 24.2. The van der Waals surface area contributed by atoms with E-state index in [1.807, 2.05) is 30.3 Å². The van der Waals surface area contributed by atoms with Gasteiger partial charge in [-0.3, -0.25) is 14.3 Å².